The lowest BCUT2D eigenvalue weighted by molar-refractivity contribution is 0.0696. The highest BCUT2D eigenvalue weighted by Crippen LogP contribution is 2.12. The molecule has 0 bridgehead atoms. The Kier molecular flexibility index (Phi) is 3.83. The maximum absolute atomic E-state index is 10.6. The van der Waals surface area contributed by atoms with Crippen LogP contribution in [0.1, 0.15) is 35.9 Å². The van der Waals surface area contributed by atoms with E-state index in [4.69, 9.17) is 16.7 Å². The van der Waals surface area contributed by atoms with E-state index < -0.39 is 5.97 Å². The number of carbonyl (C=O) groups is 1. The average Bonchev–Trinajstić information content (AvgIpc) is 2.14. The van der Waals surface area contributed by atoms with Crippen LogP contribution in [0.15, 0.2) is 6.20 Å². The Morgan fingerprint density at radius 1 is 1.64 bits per heavy atom. The second-order valence-corrected chi connectivity index (χ2v) is 3.26. The first-order valence-corrected chi connectivity index (χ1v) is 4.77. The minimum absolute atomic E-state index is 0.0126. The molecule has 1 aromatic rings. The summed E-state index contributed by atoms with van der Waals surface area (Å²) >= 11 is 5.67. The van der Waals surface area contributed by atoms with E-state index in [0.717, 1.165) is 19.3 Å². The lowest BCUT2D eigenvalue weighted by atomic mass is 10.2. The Bertz CT molecular complexity index is 342. The van der Waals surface area contributed by atoms with Gasteiger partial charge in [0.2, 0.25) is 0 Å². The molecule has 1 aromatic heterocycles. The van der Waals surface area contributed by atoms with Crippen LogP contribution in [0.5, 0.6) is 0 Å². The summed E-state index contributed by atoms with van der Waals surface area (Å²) in [5.41, 5.74) is -0.0492. The van der Waals surface area contributed by atoms with E-state index in [-0.39, 0.29) is 10.7 Å². The number of aromatic carboxylic acids is 1. The highest BCUT2D eigenvalue weighted by atomic mass is 35.5. The first kappa shape index (κ1) is 10.9. The number of hydrogen-bond donors (Lipinski definition) is 1. The number of aryl methyl sites for hydroxylation is 1. The molecule has 0 amide bonds. The Morgan fingerprint density at radius 2 is 2.36 bits per heavy atom. The van der Waals surface area contributed by atoms with Gasteiger partial charge in [0.1, 0.15) is 16.5 Å². The van der Waals surface area contributed by atoms with Crippen LogP contribution in [0, 0.1) is 0 Å². The van der Waals surface area contributed by atoms with Gasteiger partial charge < -0.3 is 5.11 Å². The number of aromatic nitrogens is 2. The molecule has 14 heavy (non-hydrogen) atoms. The molecule has 0 unspecified atom stereocenters. The molecule has 0 atom stereocenters. The van der Waals surface area contributed by atoms with Gasteiger partial charge >= 0.3 is 5.97 Å². The number of carboxylic acids is 1. The Hall–Kier alpha value is -1.16. The van der Waals surface area contributed by atoms with Gasteiger partial charge in [-0.15, -0.1) is 0 Å². The molecular weight excluding hydrogens is 204 g/mol. The second kappa shape index (κ2) is 4.91. The largest absolute Gasteiger partial charge is 0.478 e. The number of halogens is 1. The standard InChI is InChI=1S/C9H11ClN2O2/c1-2-3-4-7-11-5-6(9(13)14)8(10)12-7/h5H,2-4H2,1H3,(H,13,14). The van der Waals surface area contributed by atoms with Crippen molar-refractivity contribution in [3.63, 3.8) is 0 Å². The molecule has 4 nitrogen and oxygen atoms in total. The topological polar surface area (TPSA) is 63.1 Å². The van der Waals surface area contributed by atoms with Crippen molar-refractivity contribution in [1.82, 2.24) is 9.97 Å². The molecule has 5 heteroatoms. The van der Waals surface area contributed by atoms with Crippen LogP contribution in [-0.2, 0) is 6.42 Å². The molecule has 0 aromatic carbocycles. The molecule has 1 heterocycles. The summed E-state index contributed by atoms with van der Waals surface area (Å²) in [6, 6.07) is 0. The van der Waals surface area contributed by atoms with Crippen LogP contribution >= 0.6 is 11.6 Å². The van der Waals surface area contributed by atoms with Crippen molar-refractivity contribution >= 4 is 17.6 Å². The third-order valence-corrected chi connectivity index (χ3v) is 2.06. The van der Waals surface area contributed by atoms with E-state index >= 15 is 0 Å². The summed E-state index contributed by atoms with van der Waals surface area (Å²) in [5, 5.41) is 8.68. The van der Waals surface area contributed by atoms with Crippen LogP contribution in [-0.4, -0.2) is 21.0 Å². The molecule has 0 saturated heterocycles. The number of nitrogens with zero attached hydrogens (tertiary/aromatic N) is 2. The number of hydrogen-bond acceptors (Lipinski definition) is 3. The van der Waals surface area contributed by atoms with Gasteiger partial charge in [0.25, 0.3) is 0 Å². The lowest BCUT2D eigenvalue weighted by Gasteiger charge is -2.00. The molecule has 0 spiro atoms. The lowest BCUT2D eigenvalue weighted by Crippen LogP contribution is -2.03. The monoisotopic (exact) mass is 214 g/mol. The van der Waals surface area contributed by atoms with Crippen molar-refractivity contribution in [3.8, 4) is 0 Å². The maximum Gasteiger partial charge on any atom is 0.340 e. The summed E-state index contributed by atoms with van der Waals surface area (Å²) in [4.78, 5) is 18.4. The molecule has 0 fully saturated rings. The number of rotatable bonds is 4. The third-order valence-electron chi connectivity index (χ3n) is 1.78. The number of carboxylic acid groups (broad SMARTS) is 1. The van der Waals surface area contributed by atoms with Gasteiger partial charge in [-0.05, 0) is 6.42 Å². The fourth-order valence-corrected chi connectivity index (χ4v) is 1.22. The van der Waals surface area contributed by atoms with Gasteiger partial charge in [0.05, 0.1) is 0 Å². The highest BCUT2D eigenvalue weighted by Gasteiger charge is 2.10. The zero-order valence-corrected chi connectivity index (χ0v) is 8.58. The summed E-state index contributed by atoms with van der Waals surface area (Å²) < 4.78 is 0. The van der Waals surface area contributed by atoms with Crippen molar-refractivity contribution in [2.45, 2.75) is 26.2 Å². The summed E-state index contributed by atoms with van der Waals surface area (Å²) in [7, 11) is 0. The van der Waals surface area contributed by atoms with Gasteiger partial charge in [-0.2, -0.15) is 0 Å². The summed E-state index contributed by atoms with van der Waals surface area (Å²) in [6.45, 7) is 2.06. The van der Waals surface area contributed by atoms with Gasteiger partial charge in [-0.3, -0.25) is 0 Å². The fourth-order valence-electron chi connectivity index (χ4n) is 0.994. The van der Waals surface area contributed by atoms with Crippen LogP contribution in [0.2, 0.25) is 5.15 Å². The van der Waals surface area contributed by atoms with E-state index in [1.807, 2.05) is 0 Å². The van der Waals surface area contributed by atoms with Crippen LogP contribution in [0.3, 0.4) is 0 Å². The quantitative estimate of drug-likeness (QED) is 0.781. The number of unbranched alkanes of at least 4 members (excludes halogenated alkanes) is 1. The second-order valence-electron chi connectivity index (χ2n) is 2.90. The third kappa shape index (κ3) is 2.67. The van der Waals surface area contributed by atoms with Crippen molar-refractivity contribution in [2.75, 3.05) is 0 Å². The zero-order valence-electron chi connectivity index (χ0n) is 7.83. The molecule has 0 radical (unpaired) electrons. The van der Waals surface area contributed by atoms with Gasteiger partial charge in [-0.25, -0.2) is 14.8 Å². The van der Waals surface area contributed by atoms with E-state index in [1.165, 1.54) is 6.20 Å². The van der Waals surface area contributed by atoms with Crippen molar-refractivity contribution in [1.29, 1.82) is 0 Å². The van der Waals surface area contributed by atoms with Crippen molar-refractivity contribution in [2.24, 2.45) is 0 Å². The predicted molar refractivity (Wildman–Crippen MR) is 52.6 cm³/mol. The summed E-state index contributed by atoms with van der Waals surface area (Å²) in [5.74, 6) is -0.501. The van der Waals surface area contributed by atoms with Crippen molar-refractivity contribution < 1.29 is 9.90 Å². The highest BCUT2D eigenvalue weighted by molar-refractivity contribution is 6.32. The van der Waals surface area contributed by atoms with Crippen molar-refractivity contribution in [3.05, 3.63) is 22.7 Å². The Labute approximate surface area is 87.0 Å². The van der Waals surface area contributed by atoms with Gasteiger partial charge in [0.15, 0.2) is 0 Å². The van der Waals surface area contributed by atoms with Gasteiger partial charge in [-0.1, -0.05) is 24.9 Å². The molecule has 76 valence electrons. The summed E-state index contributed by atoms with van der Waals surface area (Å²) in [6.07, 6.45) is 4.00. The molecule has 0 saturated carbocycles. The first-order valence-electron chi connectivity index (χ1n) is 4.40. The van der Waals surface area contributed by atoms with E-state index in [9.17, 15) is 4.79 Å². The SMILES string of the molecule is CCCCc1ncc(C(=O)O)c(Cl)n1. The first-order chi connectivity index (χ1) is 6.65. The average molecular weight is 215 g/mol. The van der Waals surface area contributed by atoms with E-state index in [1.54, 1.807) is 0 Å². The van der Waals surface area contributed by atoms with Crippen LogP contribution in [0.25, 0.3) is 0 Å². The molecular formula is C9H11ClN2O2. The van der Waals surface area contributed by atoms with Gasteiger partial charge in [0, 0.05) is 12.6 Å². The maximum atomic E-state index is 10.6. The Balaban J connectivity index is 2.83. The van der Waals surface area contributed by atoms with Crippen LogP contribution in [0.4, 0.5) is 0 Å². The Morgan fingerprint density at radius 3 is 2.86 bits per heavy atom. The molecule has 1 N–H and O–H groups in total. The van der Waals surface area contributed by atoms with Crippen LogP contribution < -0.4 is 0 Å². The molecule has 0 aliphatic rings. The minimum atomic E-state index is -1.10. The smallest absolute Gasteiger partial charge is 0.340 e. The normalized spacial score (nSPS) is 10.1. The predicted octanol–water partition coefficient (Wildman–Crippen LogP) is 2.17. The molecule has 0 aliphatic heterocycles. The van der Waals surface area contributed by atoms with E-state index in [0.29, 0.717) is 5.82 Å². The fraction of sp³-hybridized carbons (Fsp3) is 0.444. The minimum Gasteiger partial charge on any atom is -0.478 e. The molecule has 0 aliphatic carbocycles. The molecule has 1 rings (SSSR count). The van der Waals surface area contributed by atoms with E-state index in [2.05, 4.69) is 16.9 Å². The zero-order chi connectivity index (χ0) is 10.6.